The maximum absolute atomic E-state index is 13.6. The number of anilines is 1. The summed E-state index contributed by atoms with van der Waals surface area (Å²) in [6.45, 7) is 1.20. The largest absolute Gasteiger partial charge is 0.476 e. The maximum Gasteiger partial charge on any atom is 0.285 e. The van der Waals surface area contributed by atoms with Crippen LogP contribution in [0.3, 0.4) is 0 Å². The summed E-state index contributed by atoms with van der Waals surface area (Å²) >= 11 is 0. The highest BCUT2D eigenvalue weighted by atomic mass is 32.2. The number of benzene rings is 2. The number of rotatable bonds is 2. The number of fused-ring (bicyclic) bond motifs is 2. The van der Waals surface area contributed by atoms with Crippen LogP contribution in [0.15, 0.2) is 57.8 Å². The summed E-state index contributed by atoms with van der Waals surface area (Å²) in [5, 5.41) is 0. The number of nitrogens with zero attached hydrogens (tertiary/aromatic N) is 4. The highest BCUT2D eigenvalue weighted by molar-refractivity contribution is 7.90. The topological polar surface area (TPSA) is 99.6 Å². The SMILES string of the molecule is CN(C)C(=O)[C@H]1CN(C(=O)C2CCN(C3=NS(=O)(=O)c4ccccc43)CC2)c2ccccc2O1. The smallest absolute Gasteiger partial charge is 0.285 e. The minimum Gasteiger partial charge on any atom is -0.476 e. The maximum atomic E-state index is 13.6. The number of ether oxygens (including phenoxy) is 1. The molecule has 0 spiro atoms. The van der Waals surface area contributed by atoms with Gasteiger partial charge in [0, 0.05) is 38.7 Å². The van der Waals surface area contributed by atoms with E-state index in [0.717, 1.165) is 0 Å². The lowest BCUT2D eigenvalue weighted by Crippen LogP contribution is -2.52. The highest BCUT2D eigenvalue weighted by Gasteiger charge is 2.39. The average molecular weight is 483 g/mol. The number of piperidine rings is 1. The van der Waals surface area contributed by atoms with Crippen molar-refractivity contribution in [3.05, 3.63) is 54.1 Å². The Bertz CT molecular complexity index is 1280. The zero-order valence-electron chi connectivity index (χ0n) is 19.0. The molecular weight excluding hydrogens is 456 g/mol. The van der Waals surface area contributed by atoms with Crippen molar-refractivity contribution in [2.75, 3.05) is 38.6 Å². The molecule has 3 aliphatic heterocycles. The number of amides is 2. The Labute approximate surface area is 198 Å². The zero-order chi connectivity index (χ0) is 24.0. The van der Waals surface area contributed by atoms with Crippen molar-refractivity contribution in [1.82, 2.24) is 9.80 Å². The Morgan fingerprint density at radius 3 is 2.44 bits per heavy atom. The third-order valence-corrected chi connectivity index (χ3v) is 7.84. The van der Waals surface area contributed by atoms with Gasteiger partial charge in [-0.3, -0.25) is 9.59 Å². The number of carbonyl (C=O) groups excluding carboxylic acids is 2. The minimum atomic E-state index is -3.68. The molecule has 1 fully saturated rings. The van der Waals surface area contributed by atoms with Crippen molar-refractivity contribution in [1.29, 1.82) is 0 Å². The molecule has 0 radical (unpaired) electrons. The number of amidine groups is 1. The van der Waals surface area contributed by atoms with Gasteiger partial charge in [0.05, 0.1) is 12.2 Å². The van der Waals surface area contributed by atoms with Crippen molar-refractivity contribution < 1.29 is 22.7 Å². The summed E-state index contributed by atoms with van der Waals surface area (Å²) < 4.78 is 34.7. The van der Waals surface area contributed by atoms with E-state index in [1.54, 1.807) is 49.3 Å². The molecule has 34 heavy (non-hydrogen) atoms. The second-order valence-electron chi connectivity index (χ2n) is 8.90. The molecule has 0 bridgehead atoms. The molecule has 178 valence electrons. The Kier molecular flexibility index (Phi) is 5.55. The van der Waals surface area contributed by atoms with Gasteiger partial charge in [-0.1, -0.05) is 24.3 Å². The predicted molar refractivity (Wildman–Crippen MR) is 126 cm³/mol. The van der Waals surface area contributed by atoms with E-state index in [9.17, 15) is 18.0 Å². The zero-order valence-corrected chi connectivity index (χ0v) is 19.9. The predicted octanol–water partition coefficient (Wildman–Crippen LogP) is 1.73. The Morgan fingerprint density at radius 2 is 1.71 bits per heavy atom. The van der Waals surface area contributed by atoms with Gasteiger partial charge in [0.1, 0.15) is 10.6 Å². The third kappa shape index (κ3) is 3.81. The standard InChI is InChI=1S/C24H26N4O5S/c1-26(2)24(30)20-15-28(18-8-4-5-9-19(18)33-20)23(29)16-11-13-27(14-12-16)22-17-7-3-6-10-21(17)34(31,32)25-22/h3-10,16,20H,11-15H2,1-2H3/t20-/m1/s1. The number of para-hydroxylation sites is 2. The summed E-state index contributed by atoms with van der Waals surface area (Å²) in [4.78, 5) is 31.5. The second-order valence-corrected chi connectivity index (χ2v) is 10.5. The van der Waals surface area contributed by atoms with Gasteiger partial charge >= 0.3 is 0 Å². The van der Waals surface area contributed by atoms with Crippen molar-refractivity contribution >= 4 is 33.4 Å². The molecule has 1 atom stereocenters. The van der Waals surface area contributed by atoms with Gasteiger partial charge in [0.2, 0.25) is 5.91 Å². The summed E-state index contributed by atoms with van der Waals surface area (Å²) in [7, 11) is -0.355. The minimum absolute atomic E-state index is 0.0478. The number of hydrogen-bond donors (Lipinski definition) is 0. The lowest BCUT2D eigenvalue weighted by Gasteiger charge is -2.39. The molecule has 3 aliphatic rings. The summed E-state index contributed by atoms with van der Waals surface area (Å²) in [6.07, 6.45) is 0.362. The van der Waals surface area contributed by atoms with E-state index >= 15 is 0 Å². The van der Waals surface area contributed by atoms with E-state index in [4.69, 9.17) is 4.74 Å². The van der Waals surface area contributed by atoms with E-state index in [0.29, 0.717) is 48.8 Å². The van der Waals surface area contributed by atoms with Crippen LogP contribution in [0.5, 0.6) is 5.75 Å². The summed E-state index contributed by atoms with van der Waals surface area (Å²) in [5.41, 5.74) is 1.28. The molecule has 0 unspecified atom stereocenters. The van der Waals surface area contributed by atoms with Crippen molar-refractivity contribution in [3.8, 4) is 5.75 Å². The van der Waals surface area contributed by atoms with E-state index < -0.39 is 16.1 Å². The molecule has 0 saturated carbocycles. The second kappa shape index (κ2) is 8.43. The van der Waals surface area contributed by atoms with Gasteiger partial charge < -0.3 is 19.4 Å². The molecule has 10 heteroatoms. The van der Waals surface area contributed by atoms with Crippen LogP contribution in [0.25, 0.3) is 0 Å². The molecule has 3 heterocycles. The van der Waals surface area contributed by atoms with Crippen LogP contribution >= 0.6 is 0 Å². The van der Waals surface area contributed by atoms with Gasteiger partial charge in [-0.2, -0.15) is 8.42 Å². The molecule has 0 aromatic heterocycles. The number of sulfonamides is 1. The van der Waals surface area contributed by atoms with E-state index in [1.165, 1.54) is 4.90 Å². The first-order valence-electron chi connectivity index (χ1n) is 11.2. The van der Waals surface area contributed by atoms with E-state index in [1.807, 2.05) is 23.1 Å². The Morgan fingerprint density at radius 1 is 1.03 bits per heavy atom. The summed E-state index contributed by atoms with van der Waals surface area (Å²) in [6, 6.07) is 14.1. The summed E-state index contributed by atoms with van der Waals surface area (Å²) in [5.74, 6) is 0.484. The van der Waals surface area contributed by atoms with Gasteiger partial charge in [-0.25, -0.2) is 0 Å². The number of carbonyl (C=O) groups is 2. The van der Waals surface area contributed by atoms with Gasteiger partial charge in [0.15, 0.2) is 11.9 Å². The highest BCUT2D eigenvalue weighted by Crippen LogP contribution is 2.36. The average Bonchev–Trinajstić information content (AvgIpc) is 3.13. The number of likely N-dealkylation sites (tertiary alicyclic amines) is 1. The Hall–Kier alpha value is -3.40. The first-order valence-corrected chi connectivity index (χ1v) is 12.7. The molecule has 2 aromatic carbocycles. The molecule has 0 aliphatic carbocycles. The lowest BCUT2D eigenvalue weighted by molar-refractivity contribution is -0.136. The van der Waals surface area contributed by atoms with Crippen molar-refractivity contribution in [3.63, 3.8) is 0 Å². The van der Waals surface area contributed by atoms with E-state index in [-0.39, 0.29) is 29.2 Å². The van der Waals surface area contributed by atoms with Crippen LogP contribution in [-0.2, 0) is 19.6 Å². The van der Waals surface area contributed by atoms with Crippen LogP contribution in [-0.4, -0.2) is 75.7 Å². The fourth-order valence-electron chi connectivity index (χ4n) is 4.73. The van der Waals surface area contributed by atoms with Crippen LogP contribution in [0, 0.1) is 5.92 Å². The molecule has 2 amide bonds. The fourth-order valence-corrected chi connectivity index (χ4v) is 5.96. The van der Waals surface area contributed by atoms with Gasteiger partial charge in [-0.15, -0.1) is 4.40 Å². The van der Waals surface area contributed by atoms with Crippen LogP contribution < -0.4 is 9.64 Å². The molecule has 1 saturated heterocycles. The normalized spacial score (nSPS) is 21.2. The fraction of sp³-hybridized carbons (Fsp3) is 0.375. The number of likely N-dealkylation sites (N-methyl/N-ethyl adjacent to an activating group) is 1. The molecule has 9 nitrogen and oxygen atoms in total. The van der Waals surface area contributed by atoms with Crippen LogP contribution in [0.2, 0.25) is 0 Å². The third-order valence-electron chi connectivity index (χ3n) is 6.51. The molecular formula is C24H26N4O5S. The first kappa shape index (κ1) is 22.4. The number of hydrogen-bond acceptors (Lipinski definition) is 6. The molecule has 0 N–H and O–H groups in total. The van der Waals surface area contributed by atoms with Crippen LogP contribution in [0.1, 0.15) is 18.4 Å². The van der Waals surface area contributed by atoms with Crippen molar-refractivity contribution in [2.45, 2.75) is 23.8 Å². The quantitative estimate of drug-likeness (QED) is 0.647. The first-order chi connectivity index (χ1) is 16.3. The van der Waals surface area contributed by atoms with Gasteiger partial charge in [0.25, 0.3) is 15.9 Å². The van der Waals surface area contributed by atoms with Crippen LogP contribution in [0.4, 0.5) is 5.69 Å². The van der Waals surface area contributed by atoms with Gasteiger partial charge in [-0.05, 0) is 37.1 Å². The molecule has 2 aromatic rings. The van der Waals surface area contributed by atoms with Crippen molar-refractivity contribution in [2.24, 2.45) is 10.3 Å². The monoisotopic (exact) mass is 482 g/mol. The molecule has 5 rings (SSSR count). The van der Waals surface area contributed by atoms with E-state index in [2.05, 4.69) is 4.40 Å². The lowest BCUT2D eigenvalue weighted by atomic mass is 9.94. The Balaban J connectivity index is 1.33.